The maximum Gasteiger partial charge on any atom is 0.0409 e. The van der Waals surface area contributed by atoms with E-state index in [2.05, 4.69) is 30.3 Å². The van der Waals surface area contributed by atoms with E-state index in [4.69, 9.17) is 11.6 Å². The summed E-state index contributed by atoms with van der Waals surface area (Å²) in [7, 11) is 2.14. The molecule has 0 radical (unpaired) electrons. The Morgan fingerprint density at radius 2 is 2.12 bits per heavy atom. The Morgan fingerprint density at radius 3 is 2.82 bits per heavy atom. The Labute approximate surface area is 110 Å². The van der Waals surface area contributed by atoms with Crippen molar-refractivity contribution in [1.29, 1.82) is 0 Å². The van der Waals surface area contributed by atoms with Crippen LogP contribution in [0.2, 0.25) is 5.02 Å². The minimum absolute atomic E-state index is 0.817. The van der Waals surface area contributed by atoms with Gasteiger partial charge in [-0.15, -0.1) is 0 Å². The molecule has 0 bridgehead atoms. The van der Waals surface area contributed by atoms with Gasteiger partial charge in [-0.05, 0) is 37.7 Å². The van der Waals surface area contributed by atoms with Gasteiger partial charge < -0.3 is 10.2 Å². The Morgan fingerprint density at radius 1 is 1.29 bits per heavy atom. The molecule has 1 aromatic carbocycles. The largest absolute Gasteiger partial charge is 0.315 e. The molecule has 0 saturated carbocycles. The molecule has 0 atom stereocenters. The van der Waals surface area contributed by atoms with Crippen LogP contribution in [0.25, 0.3) is 0 Å². The lowest BCUT2D eigenvalue weighted by molar-refractivity contribution is 0.324. The zero-order valence-electron chi connectivity index (χ0n) is 10.9. The van der Waals surface area contributed by atoms with E-state index in [1.807, 2.05) is 18.2 Å². The fourth-order valence-electron chi connectivity index (χ4n) is 1.72. The average molecular weight is 255 g/mol. The second kappa shape index (κ2) is 8.51. The van der Waals surface area contributed by atoms with Gasteiger partial charge in [-0.2, -0.15) is 0 Å². The third-order valence-electron chi connectivity index (χ3n) is 2.72. The van der Waals surface area contributed by atoms with E-state index in [-0.39, 0.29) is 0 Å². The van der Waals surface area contributed by atoms with E-state index in [0.717, 1.165) is 31.2 Å². The molecule has 0 aliphatic rings. The fraction of sp³-hybridized carbons (Fsp3) is 0.571. The molecule has 0 saturated heterocycles. The zero-order valence-corrected chi connectivity index (χ0v) is 11.6. The number of benzene rings is 1. The van der Waals surface area contributed by atoms with Crippen molar-refractivity contribution >= 4 is 11.6 Å². The Bertz CT molecular complexity index is 315. The quantitative estimate of drug-likeness (QED) is 0.717. The molecule has 0 fully saturated rings. The molecule has 1 rings (SSSR count). The van der Waals surface area contributed by atoms with Gasteiger partial charge in [-0.3, -0.25) is 0 Å². The summed E-state index contributed by atoms with van der Waals surface area (Å²) in [5, 5.41) is 4.26. The van der Waals surface area contributed by atoms with Crippen LogP contribution in [-0.2, 0) is 6.54 Å². The highest BCUT2D eigenvalue weighted by molar-refractivity contribution is 6.30. The second-order valence-corrected chi connectivity index (χ2v) is 4.91. The monoisotopic (exact) mass is 254 g/mol. The van der Waals surface area contributed by atoms with Crippen LogP contribution in [0.1, 0.15) is 25.3 Å². The van der Waals surface area contributed by atoms with Gasteiger partial charge in [-0.1, -0.05) is 37.1 Å². The normalized spacial score (nSPS) is 11.1. The van der Waals surface area contributed by atoms with E-state index in [1.54, 1.807) is 0 Å². The Balaban J connectivity index is 2.18. The van der Waals surface area contributed by atoms with Crippen LogP contribution in [-0.4, -0.2) is 31.6 Å². The summed E-state index contributed by atoms with van der Waals surface area (Å²) < 4.78 is 0. The van der Waals surface area contributed by atoms with Crippen LogP contribution < -0.4 is 5.32 Å². The van der Waals surface area contributed by atoms with Crippen LogP contribution >= 0.6 is 11.6 Å². The number of hydrogen-bond acceptors (Lipinski definition) is 2. The molecule has 0 aliphatic carbocycles. The van der Waals surface area contributed by atoms with Gasteiger partial charge in [0.25, 0.3) is 0 Å². The van der Waals surface area contributed by atoms with Gasteiger partial charge in [0, 0.05) is 24.7 Å². The number of rotatable bonds is 8. The number of nitrogens with one attached hydrogen (secondary N) is 1. The highest BCUT2D eigenvalue weighted by atomic mass is 35.5. The molecule has 3 heteroatoms. The van der Waals surface area contributed by atoms with Crippen molar-refractivity contribution in [3.05, 3.63) is 34.9 Å². The zero-order chi connectivity index (χ0) is 12.5. The van der Waals surface area contributed by atoms with E-state index in [1.165, 1.54) is 18.4 Å². The lowest BCUT2D eigenvalue weighted by atomic mass is 10.2. The Hall–Kier alpha value is -0.570. The minimum atomic E-state index is 0.817. The third kappa shape index (κ3) is 6.67. The standard InChI is InChI=1S/C14H23ClN2/c1-3-4-8-16-9-10-17(2)12-13-6-5-7-14(15)11-13/h5-7,11,16H,3-4,8-10,12H2,1-2H3. The van der Waals surface area contributed by atoms with Gasteiger partial charge in [0.1, 0.15) is 0 Å². The fourth-order valence-corrected chi connectivity index (χ4v) is 1.94. The molecule has 1 N–H and O–H groups in total. The summed E-state index contributed by atoms with van der Waals surface area (Å²) >= 11 is 5.96. The van der Waals surface area contributed by atoms with Crippen molar-refractivity contribution in [2.24, 2.45) is 0 Å². The lowest BCUT2D eigenvalue weighted by Gasteiger charge is -2.17. The van der Waals surface area contributed by atoms with Gasteiger partial charge in [-0.25, -0.2) is 0 Å². The van der Waals surface area contributed by atoms with E-state index >= 15 is 0 Å². The van der Waals surface area contributed by atoms with Gasteiger partial charge in [0.05, 0.1) is 0 Å². The smallest absolute Gasteiger partial charge is 0.0409 e. The van der Waals surface area contributed by atoms with Crippen molar-refractivity contribution in [3.8, 4) is 0 Å². The summed E-state index contributed by atoms with van der Waals surface area (Å²) in [6, 6.07) is 8.07. The average Bonchev–Trinajstić information content (AvgIpc) is 2.29. The third-order valence-corrected chi connectivity index (χ3v) is 2.95. The topological polar surface area (TPSA) is 15.3 Å². The molecule has 0 spiro atoms. The number of hydrogen-bond donors (Lipinski definition) is 1. The van der Waals surface area contributed by atoms with Crippen LogP contribution in [0.3, 0.4) is 0 Å². The van der Waals surface area contributed by atoms with E-state index in [0.29, 0.717) is 0 Å². The van der Waals surface area contributed by atoms with Crippen molar-refractivity contribution < 1.29 is 0 Å². The van der Waals surface area contributed by atoms with Crippen molar-refractivity contribution in [3.63, 3.8) is 0 Å². The molecular weight excluding hydrogens is 232 g/mol. The molecule has 0 aromatic heterocycles. The molecule has 96 valence electrons. The first-order valence-electron chi connectivity index (χ1n) is 6.36. The van der Waals surface area contributed by atoms with E-state index in [9.17, 15) is 0 Å². The maximum absolute atomic E-state index is 5.96. The van der Waals surface area contributed by atoms with Crippen molar-refractivity contribution in [2.75, 3.05) is 26.7 Å². The van der Waals surface area contributed by atoms with Gasteiger partial charge in [0.15, 0.2) is 0 Å². The maximum atomic E-state index is 5.96. The number of likely N-dealkylation sites (N-methyl/N-ethyl adjacent to an activating group) is 1. The molecular formula is C14H23ClN2. The van der Waals surface area contributed by atoms with Crippen molar-refractivity contribution in [2.45, 2.75) is 26.3 Å². The summed E-state index contributed by atoms with van der Waals surface area (Å²) in [5.74, 6) is 0. The molecule has 0 aliphatic heterocycles. The first-order chi connectivity index (χ1) is 8.22. The second-order valence-electron chi connectivity index (χ2n) is 4.47. The molecule has 17 heavy (non-hydrogen) atoms. The summed E-state index contributed by atoms with van der Waals surface area (Å²) in [4.78, 5) is 2.31. The van der Waals surface area contributed by atoms with Crippen LogP contribution in [0.15, 0.2) is 24.3 Å². The summed E-state index contributed by atoms with van der Waals surface area (Å²) in [5.41, 5.74) is 1.27. The molecule has 0 unspecified atom stereocenters. The summed E-state index contributed by atoms with van der Waals surface area (Å²) in [6.07, 6.45) is 2.52. The molecule has 0 heterocycles. The van der Waals surface area contributed by atoms with Gasteiger partial charge in [0.2, 0.25) is 0 Å². The Kier molecular flexibility index (Phi) is 7.25. The summed E-state index contributed by atoms with van der Waals surface area (Å²) in [6.45, 7) is 6.41. The van der Waals surface area contributed by atoms with Crippen LogP contribution in [0, 0.1) is 0 Å². The lowest BCUT2D eigenvalue weighted by Crippen LogP contribution is -2.29. The van der Waals surface area contributed by atoms with Crippen LogP contribution in [0.5, 0.6) is 0 Å². The van der Waals surface area contributed by atoms with Crippen LogP contribution in [0.4, 0.5) is 0 Å². The highest BCUT2D eigenvalue weighted by Crippen LogP contribution is 2.11. The van der Waals surface area contributed by atoms with Gasteiger partial charge >= 0.3 is 0 Å². The molecule has 0 amide bonds. The SMILES string of the molecule is CCCCNCCN(C)Cc1cccc(Cl)c1. The van der Waals surface area contributed by atoms with E-state index < -0.39 is 0 Å². The molecule has 1 aromatic rings. The highest BCUT2D eigenvalue weighted by Gasteiger charge is 2.00. The predicted octanol–water partition coefficient (Wildman–Crippen LogP) is 3.16. The minimum Gasteiger partial charge on any atom is -0.315 e. The number of unbranched alkanes of at least 4 members (excludes halogenated alkanes) is 1. The first kappa shape index (κ1) is 14.5. The molecule has 2 nitrogen and oxygen atoms in total. The predicted molar refractivity (Wildman–Crippen MR) is 75.6 cm³/mol. The number of nitrogens with zero attached hydrogens (tertiary/aromatic N) is 1. The first-order valence-corrected chi connectivity index (χ1v) is 6.74. The van der Waals surface area contributed by atoms with Crippen molar-refractivity contribution in [1.82, 2.24) is 10.2 Å². The number of halogens is 1.